The summed E-state index contributed by atoms with van der Waals surface area (Å²) in [7, 11) is 1.56. The van der Waals surface area contributed by atoms with Gasteiger partial charge in [0, 0.05) is 6.42 Å². The molecule has 13 heavy (non-hydrogen) atoms. The third kappa shape index (κ3) is 2.63. The van der Waals surface area contributed by atoms with Crippen LogP contribution < -0.4 is 10.5 Å². The second-order valence-corrected chi connectivity index (χ2v) is 3.08. The molecule has 0 bridgehead atoms. The van der Waals surface area contributed by atoms with E-state index in [-0.39, 0.29) is 5.84 Å². The highest BCUT2D eigenvalue weighted by molar-refractivity contribution is 6.32. The highest BCUT2D eigenvalue weighted by Crippen LogP contribution is 2.24. The van der Waals surface area contributed by atoms with E-state index in [0.717, 1.165) is 5.56 Å². The molecule has 0 heterocycles. The standard InChI is InChI=1S/C9H11ClN2O/c1-13-8-3-2-6(4-7(8)10)5-9(11)12/h2-4H,5H2,1H3,(H3,11,12). The van der Waals surface area contributed by atoms with E-state index in [0.29, 0.717) is 17.2 Å². The Morgan fingerprint density at radius 1 is 1.62 bits per heavy atom. The molecule has 0 fully saturated rings. The van der Waals surface area contributed by atoms with Crippen LogP contribution in [0.2, 0.25) is 5.02 Å². The van der Waals surface area contributed by atoms with Gasteiger partial charge in [0.1, 0.15) is 5.75 Å². The van der Waals surface area contributed by atoms with Crippen LogP contribution in [0.5, 0.6) is 5.75 Å². The van der Waals surface area contributed by atoms with E-state index in [1.807, 2.05) is 6.07 Å². The molecule has 1 aromatic rings. The SMILES string of the molecule is COc1ccc(CC(=N)N)cc1Cl. The zero-order chi connectivity index (χ0) is 9.84. The number of nitrogens with one attached hydrogen (secondary N) is 1. The van der Waals surface area contributed by atoms with Crippen LogP contribution in [-0.2, 0) is 6.42 Å². The number of nitrogens with two attached hydrogens (primary N) is 1. The number of rotatable bonds is 3. The van der Waals surface area contributed by atoms with Crippen molar-refractivity contribution in [3.8, 4) is 5.75 Å². The maximum Gasteiger partial charge on any atom is 0.137 e. The monoisotopic (exact) mass is 198 g/mol. The van der Waals surface area contributed by atoms with Crippen LogP contribution in [0, 0.1) is 5.41 Å². The molecule has 0 aliphatic heterocycles. The summed E-state index contributed by atoms with van der Waals surface area (Å²) in [6.45, 7) is 0. The Hall–Kier alpha value is -1.22. The lowest BCUT2D eigenvalue weighted by atomic mass is 10.1. The van der Waals surface area contributed by atoms with Crippen molar-refractivity contribution in [2.24, 2.45) is 5.73 Å². The highest BCUT2D eigenvalue weighted by Gasteiger charge is 2.02. The minimum atomic E-state index is 0.126. The second kappa shape index (κ2) is 4.14. The van der Waals surface area contributed by atoms with Gasteiger partial charge >= 0.3 is 0 Å². The van der Waals surface area contributed by atoms with E-state index in [9.17, 15) is 0 Å². The maximum atomic E-state index is 7.10. The van der Waals surface area contributed by atoms with Crippen LogP contribution in [0.3, 0.4) is 0 Å². The highest BCUT2D eigenvalue weighted by atomic mass is 35.5. The third-order valence-electron chi connectivity index (χ3n) is 1.61. The number of hydrogen-bond donors (Lipinski definition) is 2. The Balaban J connectivity index is 2.89. The molecule has 70 valence electrons. The third-order valence-corrected chi connectivity index (χ3v) is 1.91. The lowest BCUT2D eigenvalue weighted by Gasteiger charge is -2.04. The average Bonchev–Trinajstić information content (AvgIpc) is 2.03. The van der Waals surface area contributed by atoms with Crippen LogP contribution in [0.4, 0.5) is 0 Å². The van der Waals surface area contributed by atoms with E-state index in [4.69, 9.17) is 27.5 Å². The van der Waals surface area contributed by atoms with Gasteiger partial charge in [-0.2, -0.15) is 0 Å². The molecule has 0 unspecified atom stereocenters. The van der Waals surface area contributed by atoms with Gasteiger partial charge in [0.25, 0.3) is 0 Å². The van der Waals surface area contributed by atoms with Crippen molar-refractivity contribution in [1.82, 2.24) is 0 Å². The molecule has 4 heteroatoms. The van der Waals surface area contributed by atoms with Gasteiger partial charge in [-0.3, -0.25) is 5.41 Å². The molecule has 0 aliphatic carbocycles. The molecule has 1 aromatic carbocycles. The summed E-state index contributed by atoms with van der Waals surface area (Å²) in [5.41, 5.74) is 6.17. The average molecular weight is 199 g/mol. The topological polar surface area (TPSA) is 59.1 Å². The molecular weight excluding hydrogens is 188 g/mol. The fraction of sp³-hybridized carbons (Fsp3) is 0.222. The Kier molecular flexibility index (Phi) is 3.14. The van der Waals surface area contributed by atoms with Crippen molar-refractivity contribution in [1.29, 1.82) is 5.41 Å². The first-order valence-corrected chi connectivity index (χ1v) is 4.16. The van der Waals surface area contributed by atoms with Crippen molar-refractivity contribution in [2.75, 3.05) is 7.11 Å². The predicted molar refractivity (Wildman–Crippen MR) is 53.6 cm³/mol. The Bertz CT molecular complexity index is 325. The first-order chi connectivity index (χ1) is 6.13. The largest absolute Gasteiger partial charge is 0.495 e. The van der Waals surface area contributed by atoms with Crippen LogP contribution in [-0.4, -0.2) is 12.9 Å². The van der Waals surface area contributed by atoms with Gasteiger partial charge in [0.05, 0.1) is 18.0 Å². The predicted octanol–water partition coefficient (Wildman–Crippen LogP) is 1.83. The lowest BCUT2D eigenvalue weighted by molar-refractivity contribution is 0.415. The van der Waals surface area contributed by atoms with Crippen molar-refractivity contribution in [3.05, 3.63) is 28.8 Å². The van der Waals surface area contributed by atoms with Crippen LogP contribution >= 0.6 is 11.6 Å². The summed E-state index contributed by atoms with van der Waals surface area (Å²) in [6.07, 6.45) is 0.420. The van der Waals surface area contributed by atoms with Crippen LogP contribution in [0.1, 0.15) is 5.56 Å². The fourth-order valence-corrected chi connectivity index (χ4v) is 1.32. The number of methoxy groups -OCH3 is 1. The van der Waals surface area contributed by atoms with Crippen LogP contribution in [0.25, 0.3) is 0 Å². The van der Waals surface area contributed by atoms with Crippen molar-refractivity contribution < 1.29 is 4.74 Å². The summed E-state index contributed by atoms with van der Waals surface area (Å²) < 4.78 is 4.99. The Morgan fingerprint density at radius 2 is 2.31 bits per heavy atom. The van der Waals surface area contributed by atoms with E-state index in [2.05, 4.69) is 0 Å². The van der Waals surface area contributed by atoms with Gasteiger partial charge in [-0.15, -0.1) is 0 Å². The zero-order valence-corrected chi connectivity index (χ0v) is 8.06. The molecular formula is C9H11ClN2O. The smallest absolute Gasteiger partial charge is 0.137 e. The molecule has 0 aromatic heterocycles. The van der Waals surface area contributed by atoms with Crippen molar-refractivity contribution >= 4 is 17.4 Å². The first kappa shape index (κ1) is 9.86. The van der Waals surface area contributed by atoms with Crippen molar-refractivity contribution in [2.45, 2.75) is 6.42 Å². The molecule has 3 N–H and O–H groups in total. The number of benzene rings is 1. The molecule has 0 saturated heterocycles. The van der Waals surface area contributed by atoms with Gasteiger partial charge in [-0.05, 0) is 17.7 Å². The molecule has 0 spiro atoms. The first-order valence-electron chi connectivity index (χ1n) is 3.79. The van der Waals surface area contributed by atoms with E-state index < -0.39 is 0 Å². The maximum absolute atomic E-state index is 7.10. The summed E-state index contributed by atoms with van der Waals surface area (Å²) in [4.78, 5) is 0. The second-order valence-electron chi connectivity index (χ2n) is 2.67. The van der Waals surface area contributed by atoms with E-state index >= 15 is 0 Å². The Labute approximate surface area is 82.0 Å². The molecule has 0 saturated carbocycles. The van der Waals surface area contributed by atoms with Gasteiger partial charge in [-0.25, -0.2) is 0 Å². The molecule has 0 atom stereocenters. The zero-order valence-electron chi connectivity index (χ0n) is 7.30. The van der Waals surface area contributed by atoms with Crippen LogP contribution in [0.15, 0.2) is 18.2 Å². The summed E-state index contributed by atoms with van der Waals surface area (Å²) in [6, 6.07) is 5.36. The van der Waals surface area contributed by atoms with Gasteiger partial charge in [0.2, 0.25) is 0 Å². The summed E-state index contributed by atoms with van der Waals surface area (Å²) in [5.74, 6) is 0.759. The van der Waals surface area contributed by atoms with Gasteiger partial charge in [-0.1, -0.05) is 17.7 Å². The number of amidine groups is 1. The number of hydrogen-bond acceptors (Lipinski definition) is 2. The normalized spacial score (nSPS) is 9.69. The van der Waals surface area contributed by atoms with Gasteiger partial charge < -0.3 is 10.5 Å². The Morgan fingerprint density at radius 3 is 2.77 bits per heavy atom. The van der Waals surface area contributed by atoms with E-state index in [1.165, 1.54) is 0 Å². The number of ether oxygens (including phenoxy) is 1. The minimum absolute atomic E-state index is 0.126. The molecule has 0 amide bonds. The fourth-order valence-electron chi connectivity index (χ4n) is 1.04. The van der Waals surface area contributed by atoms with E-state index in [1.54, 1.807) is 19.2 Å². The van der Waals surface area contributed by atoms with Gasteiger partial charge in [0.15, 0.2) is 0 Å². The summed E-state index contributed by atoms with van der Waals surface area (Å²) in [5, 5.41) is 7.65. The quantitative estimate of drug-likeness (QED) is 0.575. The molecule has 3 nitrogen and oxygen atoms in total. The molecule has 0 aliphatic rings. The molecule has 1 rings (SSSR count). The number of halogens is 1. The summed E-state index contributed by atoms with van der Waals surface area (Å²) >= 11 is 5.88. The minimum Gasteiger partial charge on any atom is -0.495 e. The van der Waals surface area contributed by atoms with Crippen molar-refractivity contribution in [3.63, 3.8) is 0 Å². The lowest BCUT2D eigenvalue weighted by Crippen LogP contribution is -2.12. The molecule has 0 radical (unpaired) electrons.